The van der Waals surface area contributed by atoms with Gasteiger partial charge in [-0.3, -0.25) is 14.7 Å². The number of rotatable bonds is 3. The highest BCUT2D eigenvalue weighted by molar-refractivity contribution is 7.20. The third-order valence-electron chi connectivity index (χ3n) is 6.63. The number of fused-ring (bicyclic) bond motifs is 2. The molecule has 3 aromatic heterocycles. The zero-order chi connectivity index (χ0) is 23.9. The van der Waals surface area contributed by atoms with Crippen LogP contribution in [0.1, 0.15) is 16.6 Å². The molecular formula is C24H25N7O3S. The minimum Gasteiger partial charge on any atom is -0.378 e. The summed E-state index contributed by atoms with van der Waals surface area (Å²) in [6.07, 6.45) is 1.79. The van der Waals surface area contributed by atoms with Crippen molar-refractivity contribution >= 4 is 50.1 Å². The molecule has 6 rings (SSSR count). The number of hydrogen-bond donors (Lipinski definition) is 1. The molecule has 10 nitrogen and oxygen atoms in total. The Labute approximate surface area is 205 Å². The Morgan fingerprint density at radius 1 is 1.00 bits per heavy atom. The van der Waals surface area contributed by atoms with E-state index in [1.165, 1.54) is 11.3 Å². The van der Waals surface area contributed by atoms with E-state index >= 15 is 0 Å². The second-order valence-electron chi connectivity index (χ2n) is 8.73. The van der Waals surface area contributed by atoms with Crippen LogP contribution in [-0.2, 0) is 9.53 Å². The summed E-state index contributed by atoms with van der Waals surface area (Å²) in [5, 5.41) is 9.02. The molecule has 0 saturated carbocycles. The first-order valence-corrected chi connectivity index (χ1v) is 12.5. The van der Waals surface area contributed by atoms with Crippen LogP contribution in [0, 0.1) is 0 Å². The van der Waals surface area contributed by atoms with Gasteiger partial charge in [-0.2, -0.15) is 5.10 Å². The smallest absolute Gasteiger partial charge is 0.264 e. The maximum atomic E-state index is 13.4. The van der Waals surface area contributed by atoms with Crippen molar-refractivity contribution in [1.29, 1.82) is 0 Å². The first-order valence-electron chi connectivity index (χ1n) is 11.7. The maximum absolute atomic E-state index is 13.4. The van der Waals surface area contributed by atoms with Crippen molar-refractivity contribution in [2.45, 2.75) is 6.92 Å². The lowest BCUT2D eigenvalue weighted by atomic mass is 10.1. The Hall–Kier alpha value is -3.57. The number of benzene rings is 1. The molecule has 0 aliphatic carbocycles. The van der Waals surface area contributed by atoms with E-state index in [0.717, 1.165) is 45.6 Å². The highest BCUT2D eigenvalue weighted by Crippen LogP contribution is 2.35. The fourth-order valence-corrected chi connectivity index (χ4v) is 5.69. The molecule has 0 bridgehead atoms. The Morgan fingerprint density at radius 3 is 2.54 bits per heavy atom. The van der Waals surface area contributed by atoms with Gasteiger partial charge in [-0.15, -0.1) is 11.3 Å². The number of ether oxygens (including phenoxy) is 1. The second-order valence-corrected chi connectivity index (χ2v) is 9.77. The van der Waals surface area contributed by atoms with Crippen molar-refractivity contribution in [2.24, 2.45) is 0 Å². The largest absolute Gasteiger partial charge is 0.378 e. The van der Waals surface area contributed by atoms with Crippen molar-refractivity contribution in [3.05, 3.63) is 35.3 Å². The molecule has 0 unspecified atom stereocenters. The minimum atomic E-state index is -0.0254. The molecule has 0 radical (unpaired) electrons. The number of carbonyl (C=O) groups excluding carboxylic acids is 2. The summed E-state index contributed by atoms with van der Waals surface area (Å²) >= 11 is 1.40. The van der Waals surface area contributed by atoms with Gasteiger partial charge in [0.15, 0.2) is 5.82 Å². The lowest BCUT2D eigenvalue weighted by Gasteiger charge is -2.33. The lowest BCUT2D eigenvalue weighted by molar-refractivity contribution is -0.130. The molecule has 0 spiro atoms. The van der Waals surface area contributed by atoms with E-state index in [-0.39, 0.29) is 11.8 Å². The van der Waals surface area contributed by atoms with E-state index in [9.17, 15) is 9.59 Å². The maximum Gasteiger partial charge on any atom is 0.264 e. The summed E-state index contributed by atoms with van der Waals surface area (Å²) in [6, 6.07) is 7.85. The number of carbonyl (C=O) groups is 2. The predicted octanol–water partition coefficient (Wildman–Crippen LogP) is 2.38. The normalized spacial score (nSPS) is 16.9. The van der Waals surface area contributed by atoms with E-state index < -0.39 is 0 Å². The van der Waals surface area contributed by atoms with Crippen LogP contribution >= 0.6 is 11.3 Å². The van der Waals surface area contributed by atoms with Crippen molar-refractivity contribution < 1.29 is 14.3 Å². The molecule has 1 N–H and O–H groups in total. The molecule has 1 aromatic carbocycles. The zero-order valence-corrected chi connectivity index (χ0v) is 20.2. The summed E-state index contributed by atoms with van der Waals surface area (Å²) < 4.78 is 5.56. The van der Waals surface area contributed by atoms with Crippen LogP contribution in [0.25, 0.3) is 32.5 Å². The monoisotopic (exact) mass is 491 g/mol. The minimum absolute atomic E-state index is 0.0254. The van der Waals surface area contributed by atoms with Crippen LogP contribution < -0.4 is 4.90 Å². The number of nitrogens with zero attached hydrogens (tertiary/aromatic N) is 6. The third-order valence-corrected chi connectivity index (χ3v) is 7.65. The van der Waals surface area contributed by atoms with Gasteiger partial charge in [0.2, 0.25) is 5.91 Å². The molecular weight excluding hydrogens is 466 g/mol. The predicted molar refractivity (Wildman–Crippen MR) is 134 cm³/mol. The van der Waals surface area contributed by atoms with Crippen molar-refractivity contribution in [3.8, 4) is 11.4 Å². The molecule has 2 aliphatic heterocycles. The Bertz CT molecular complexity index is 1420. The van der Waals surface area contributed by atoms with Crippen molar-refractivity contribution in [3.63, 3.8) is 0 Å². The number of anilines is 1. The van der Waals surface area contributed by atoms with Crippen molar-refractivity contribution in [2.75, 3.05) is 57.4 Å². The van der Waals surface area contributed by atoms with Crippen LogP contribution in [0.15, 0.2) is 30.5 Å². The van der Waals surface area contributed by atoms with Gasteiger partial charge >= 0.3 is 0 Å². The second kappa shape index (κ2) is 8.90. The number of aromatic amines is 1. The SMILES string of the molecule is CC(=O)N1CCN(C(=O)c2cc3c(N4CCOCC4)nc(-c4cccc5[nH]ncc45)nc3s2)CC1. The molecule has 5 heterocycles. The van der Waals surface area contributed by atoms with Gasteiger partial charge in [0.05, 0.1) is 35.2 Å². The third kappa shape index (κ3) is 4.00. The molecule has 11 heteroatoms. The molecule has 2 saturated heterocycles. The number of piperazine rings is 1. The number of hydrogen-bond acceptors (Lipinski definition) is 8. The Kier molecular flexibility index (Phi) is 5.57. The van der Waals surface area contributed by atoms with Crippen LogP contribution in [0.5, 0.6) is 0 Å². The summed E-state index contributed by atoms with van der Waals surface area (Å²) in [7, 11) is 0. The quantitative estimate of drug-likeness (QED) is 0.469. The Balaban J connectivity index is 1.41. The molecule has 180 valence electrons. The van der Waals surface area contributed by atoms with Crippen LogP contribution in [-0.4, -0.2) is 94.3 Å². The zero-order valence-electron chi connectivity index (χ0n) is 19.4. The summed E-state index contributed by atoms with van der Waals surface area (Å²) in [5.74, 6) is 1.46. The van der Waals surface area contributed by atoms with Gasteiger partial charge in [-0.25, -0.2) is 9.97 Å². The fourth-order valence-electron chi connectivity index (χ4n) is 4.69. The fraction of sp³-hybridized carbons (Fsp3) is 0.375. The molecule has 35 heavy (non-hydrogen) atoms. The first-order chi connectivity index (χ1) is 17.1. The van der Waals surface area contributed by atoms with Gasteiger partial charge in [0, 0.05) is 57.1 Å². The number of nitrogens with one attached hydrogen (secondary N) is 1. The van der Waals surface area contributed by atoms with Crippen LogP contribution in [0.2, 0.25) is 0 Å². The van der Waals surface area contributed by atoms with E-state index in [2.05, 4.69) is 15.1 Å². The highest BCUT2D eigenvalue weighted by Gasteiger charge is 2.27. The number of morpholine rings is 1. The number of amides is 2. The summed E-state index contributed by atoms with van der Waals surface area (Å²) in [5.41, 5.74) is 1.82. The van der Waals surface area contributed by atoms with E-state index in [1.807, 2.05) is 29.2 Å². The standard InChI is InChI=1S/C24H25N7O3S/c1-15(32)29-5-7-31(8-6-29)24(33)20-13-17-22(30-9-11-34-12-10-30)26-21(27-23(17)35-20)16-3-2-4-19-18(16)14-25-28-19/h2-4,13-14H,5-12H2,1H3,(H,25,28). The van der Waals surface area contributed by atoms with Gasteiger partial charge in [0.25, 0.3) is 5.91 Å². The summed E-state index contributed by atoms with van der Waals surface area (Å²) in [4.78, 5) is 42.1. The lowest BCUT2D eigenvalue weighted by Crippen LogP contribution is -2.49. The Morgan fingerprint density at radius 2 is 1.77 bits per heavy atom. The van der Waals surface area contributed by atoms with Gasteiger partial charge < -0.3 is 19.4 Å². The molecule has 4 aromatic rings. The molecule has 2 aliphatic rings. The molecule has 2 amide bonds. The van der Waals surface area contributed by atoms with Gasteiger partial charge in [0.1, 0.15) is 10.6 Å². The average molecular weight is 492 g/mol. The first kappa shape index (κ1) is 21.9. The van der Waals surface area contributed by atoms with Crippen molar-refractivity contribution in [1.82, 2.24) is 30.0 Å². The van der Waals surface area contributed by atoms with Crippen LogP contribution in [0.3, 0.4) is 0 Å². The summed E-state index contributed by atoms with van der Waals surface area (Å²) in [6.45, 7) is 6.47. The van der Waals surface area contributed by atoms with E-state index in [1.54, 1.807) is 18.0 Å². The van der Waals surface area contributed by atoms with Gasteiger partial charge in [-0.1, -0.05) is 12.1 Å². The van der Waals surface area contributed by atoms with E-state index in [0.29, 0.717) is 50.1 Å². The topological polar surface area (TPSA) is 108 Å². The van der Waals surface area contributed by atoms with Gasteiger partial charge in [-0.05, 0) is 12.1 Å². The van der Waals surface area contributed by atoms with Crippen LogP contribution in [0.4, 0.5) is 5.82 Å². The van der Waals surface area contributed by atoms with E-state index in [4.69, 9.17) is 14.7 Å². The highest BCUT2D eigenvalue weighted by atomic mass is 32.1. The number of H-pyrrole nitrogens is 1. The average Bonchev–Trinajstić information content (AvgIpc) is 3.55. The molecule has 0 atom stereocenters. The molecule has 2 fully saturated rings. The number of thiophene rings is 1. The number of aromatic nitrogens is 4.